The molecule has 0 spiro atoms. The predicted octanol–water partition coefficient (Wildman–Crippen LogP) is 1.69. The molecule has 5 N–H and O–H groups in total. The fourth-order valence-electron chi connectivity index (χ4n) is 0.586. The zero-order valence-electron chi connectivity index (χ0n) is 10.5. The van der Waals surface area contributed by atoms with Crippen molar-refractivity contribution in [1.29, 1.82) is 0 Å². The summed E-state index contributed by atoms with van der Waals surface area (Å²) >= 11 is 0. The molecule has 0 rings (SSSR count). The van der Waals surface area contributed by atoms with Gasteiger partial charge in [-0.05, 0) is 18.4 Å². The van der Waals surface area contributed by atoms with Gasteiger partial charge in [-0.3, -0.25) is 0 Å². The standard InChI is InChI=1S/C6H14N2O.C5H13N/c1-3-5(2)4-8-6(7)9;1-3-5(2)4-6/h5H,3-4H2,1-2H3,(H3,7,8,9);5H,3-4,6H2,1-2H3. The van der Waals surface area contributed by atoms with Crippen LogP contribution in [0.15, 0.2) is 0 Å². The van der Waals surface area contributed by atoms with Crippen molar-refractivity contribution in [3.05, 3.63) is 0 Å². The van der Waals surface area contributed by atoms with E-state index in [1.165, 1.54) is 6.42 Å². The van der Waals surface area contributed by atoms with Crippen LogP contribution in [0.4, 0.5) is 4.79 Å². The first kappa shape index (κ1) is 16.7. The third-order valence-electron chi connectivity index (χ3n) is 2.42. The van der Waals surface area contributed by atoms with Crippen LogP contribution >= 0.6 is 0 Å². The molecule has 0 aliphatic carbocycles. The highest BCUT2D eigenvalue weighted by Crippen LogP contribution is 1.96. The lowest BCUT2D eigenvalue weighted by molar-refractivity contribution is 0.247. The summed E-state index contributed by atoms with van der Waals surface area (Å²) in [5, 5.41) is 2.54. The van der Waals surface area contributed by atoms with E-state index >= 15 is 0 Å². The second-order valence-corrected chi connectivity index (χ2v) is 4.01. The van der Waals surface area contributed by atoms with E-state index in [0.717, 1.165) is 13.0 Å². The summed E-state index contributed by atoms with van der Waals surface area (Å²) in [7, 11) is 0. The Bertz CT molecular complexity index is 147. The Morgan fingerprint density at radius 2 is 1.67 bits per heavy atom. The quantitative estimate of drug-likeness (QED) is 0.655. The molecule has 4 nitrogen and oxygen atoms in total. The van der Waals surface area contributed by atoms with Crippen LogP contribution in [0, 0.1) is 11.8 Å². The van der Waals surface area contributed by atoms with Crippen LogP contribution in [-0.2, 0) is 0 Å². The first-order valence-electron chi connectivity index (χ1n) is 5.71. The lowest BCUT2D eigenvalue weighted by Crippen LogP contribution is -2.32. The van der Waals surface area contributed by atoms with Crippen molar-refractivity contribution >= 4 is 6.03 Å². The number of hydrogen-bond acceptors (Lipinski definition) is 2. The highest BCUT2D eigenvalue weighted by atomic mass is 16.2. The Labute approximate surface area is 93.8 Å². The predicted molar refractivity (Wildman–Crippen MR) is 65.6 cm³/mol. The zero-order chi connectivity index (χ0) is 12.3. The summed E-state index contributed by atoms with van der Waals surface area (Å²) in [6, 6.07) is -0.435. The highest BCUT2D eigenvalue weighted by Gasteiger charge is 1.97. The normalized spacial score (nSPS) is 13.4. The molecule has 0 saturated carbocycles. The van der Waals surface area contributed by atoms with Gasteiger partial charge in [0, 0.05) is 6.54 Å². The van der Waals surface area contributed by atoms with Crippen LogP contribution in [0.3, 0.4) is 0 Å². The van der Waals surface area contributed by atoms with Crippen molar-refractivity contribution in [2.24, 2.45) is 23.3 Å². The first-order chi connectivity index (χ1) is 6.97. The highest BCUT2D eigenvalue weighted by molar-refractivity contribution is 5.71. The van der Waals surface area contributed by atoms with E-state index in [4.69, 9.17) is 11.5 Å². The van der Waals surface area contributed by atoms with Gasteiger partial charge in [0.1, 0.15) is 0 Å². The first-order valence-corrected chi connectivity index (χ1v) is 5.71. The second-order valence-electron chi connectivity index (χ2n) is 4.01. The molecular formula is C11H27N3O. The molecule has 2 atom stereocenters. The number of rotatable bonds is 5. The largest absolute Gasteiger partial charge is 0.352 e. The molecule has 0 aromatic carbocycles. The molecule has 0 saturated heterocycles. The van der Waals surface area contributed by atoms with E-state index in [0.29, 0.717) is 18.4 Å². The zero-order valence-corrected chi connectivity index (χ0v) is 10.5. The van der Waals surface area contributed by atoms with E-state index in [1.54, 1.807) is 0 Å². The summed E-state index contributed by atoms with van der Waals surface area (Å²) in [6.45, 7) is 9.96. The number of nitrogens with two attached hydrogens (primary N) is 2. The Balaban J connectivity index is 0. The molecule has 2 unspecified atom stereocenters. The van der Waals surface area contributed by atoms with Gasteiger partial charge < -0.3 is 16.8 Å². The number of carbonyl (C=O) groups is 1. The Hall–Kier alpha value is -0.770. The molecule has 0 aromatic rings. The third-order valence-corrected chi connectivity index (χ3v) is 2.42. The minimum atomic E-state index is -0.435. The molecule has 0 radical (unpaired) electrons. The molecule has 0 aliphatic heterocycles. The summed E-state index contributed by atoms with van der Waals surface area (Å²) in [5.74, 6) is 1.24. The maximum atomic E-state index is 10.1. The van der Waals surface area contributed by atoms with E-state index in [2.05, 4.69) is 33.0 Å². The van der Waals surface area contributed by atoms with E-state index in [1.807, 2.05) is 0 Å². The summed E-state index contributed by atoms with van der Waals surface area (Å²) in [4.78, 5) is 10.1. The molecule has 92 valence electrons. The van der Waals surface area contributed by atoms with Crippen molar-refractivity contribution in [2.75, 3.05) is 13.1 Å². The topological polar surface area (TPSA) is 81.1 Å². The third kappa shape index (κ3) is 15.9. The van der Waals surface area contributed by atoms with Crippen LogP contribution < -0.4 is 16.8 Å². The van der Waals surface area contributed by atoms with E-state index in [9.17, 15) is 4.79 Å². The van der Waals surface area contributed by atoms with Gasteiger partial charge in [-0.1, -0.05) is 40.5 Å². The van der Waals surface area contributed by atoms with Crippen molar-refractivity contribution in [3.63, 3.8) is 0 Å². The molecule has 0 aromatic heterocycles. The lowest BCUT2D eigenvalue weighted by atomic mass is 10.1. The van der Waals surface area contributed by atoms with E-state index in [-0.39, 0.29) is 0 Å². The van der Waals surface area contributed by atoms with Gasteiger partial charge in [0.15, 0.2) is 0 Å². The van der Waals surface area contributed by atoms with Crippen molar-refractivity contribution in [1.82, 2.24) is 5.32 Å². The van der Waals surface area contributed by atoms with Crippen molar-refractivity contribution in [2.45, 2.75) is 40.5 Å². The maximum absolute atomic E-state index is 10.1. The number of nitrogens with one attached hydrogen (secondary N) is 1. The smallest absolute Gasteiger partial charge is 0.312 e. The van der Waals surface area contributed by atoms with Crippen LogP contribution in [0.5, 0.6) is 0 Å². The fourth-order valence-corrected chi connectivity index (χ4v) is 0.586. The van der Waals surface area contributed by atoms with Gasteiger partial charge in [-0.2, -0.15) is 0 Å². The number of hydrogen-bond donors (Lipinski definition) is 3. The number of primary amides is 1. The monoisotopic (exact) mass is 217 g/mol. The Morgan fingerprint density at radius 3 is 1.87 bits per heavy atom. The molecular weight excluding hydrogens is 190 g/mol. The van der Waals surface area contributed by atoms with Gasteiger partial charge in [-0.15, -0.1) is 0 Å². The second kappa shape index (κ2) is 11.3. The van der Waals surface area contributed by atoms with Crippen LogP contribution in [-0.4, -0.2) is 19.1 Å². The Kier molecular flexibility index (Phi) is 12.6. The SMILES string of the molecule is CCC(C)CN.CCC(C)CNC(N)=O. The molecule has 2 amide bonds. The summed E-state index contributed by atoms with van der Waals surface area (Å²) in [6.07, 6.45) is 2.27. The average Bonchev–Trinajstić information content (AvgIpc) is 2.25. The number of carbonyl (C=O) groups excluding carboxylic acids is 1. The maximum Gasteiger partial charge on any atom is 0.312 e. The number of amides is 2. The van der Waals surface area contributed by atoms with E-state index < -0.39 is 6.03 Å². The lowest BCUT2D eigenvalue weighted by Gasteiger charge is -2.06. The summed E-state index contributed by atoms with van der Waals surface area (Å²) < 4.78 is 0. The molecule has 4 heteroatoms. The Morgan fingerprint density at radius 1 is 1.20 bits per heavy atom. The molecule has 0 heterocycles. The van der Waals surface area contributed by atoms with Gasteiger partial charge in [-0.25, -0.2) is 4.79 Å². The minimum Gasteiger partial charge on any atom is -0.352 e. The van der Waals surface area contributed by atoms with Crippen LogP contribution in [0.25, 0.3) is 0 Å². The van der Waals surface area contributed by atoms with Gasteiger partial charge in [0.25, 0.3) is 0 Å². The van der Waals surface area contributed by atoms with Gasteiger partial charge in [0.2, 0.25) is 0 Å². The van der Waals surface area contributed by atoms with Crippen molar-refractivity contribution < 1.29 is 4.79 Å². The molecule has 0 aliphatic rings. The fraction of sp³-hybridized carbons (Fsp3) is 0.909. The summed E-state index contributed by atoms with van der Waals surface area (Å²) in [5.41, 5.74) is 10.1. The van der Waals surface area contributed by atoms with Gasteiger partial charge in [0.05, 0.1) is 0 Å². The molecule has 0 bridgehead atoms. The van der Waals surface area contributed by atoms with Gasteiger partial charge >= 0.3 is 6.03 Å². The molecule has 0 fully saturated rings. The number of urea groups is 1. The van der Waals surface area contributed by atoms with Crippen LogP contribution in [0.2, 0.25) is 0 Å². The molecule has 15 heavy (non-hydrogen) atoms. The average molecular weight is 217 g/mol. The van der Waals surface area contributed by atoms with Crippen LogP contribution in [0.1, 0.15) is 40.5 Å². The van der Waals surface area contributed by atoms with Crippen molar-refractivity contribution in [3.8, 4) is 0 Å². The minimum absolute atomic E-state index is 0.435.